The number of aryl methyl sites for hydroxylation is 2. The van der Waals surface area contributed by atoms with Gasteiger partial charge in [0.05, 0.1) is 0 Å². The number of rotatable bonds is 5. The van der Waals surface area contributed by atoms with Gasteiger partial charge in [0, 0.05) is 22.7 Å². The number of nitrogens with one attached hydrogen (secondary N) is 1. The van der Waals surface area contributed by atoms with Gasteiger partial charge in [-0.25, -0.2) is 0 Å². The van der Waals surface area contributed by atoms with Crippen LogP contribution >= 0.6 is 11.8 Å². The van der Waals surface area contributed by atoms with Gasteiger partial charge in [-0.3, -0.25) is 0 Å². The Morgan fingerprint density at radius 1 is 1.22 bits per heavy atom. The summed E-state index contributed by atoms with van der Waals surface area (Å²) in [5.41, 5.74) is 4.12. The van der Waals surface area contributed by atoms with E-state index in [0.29, 0.717) is 0 Å². The molecule has 0 spiro atoms. The van der Waals surface area contributed by atoms with Gasteiger partial charge in [0.2, 0.25) is 0 Å². The first-order valence-electron chi connectivity index (χ1n) is 6.40. The highest BCUT2D eigenvalue weighted by Gasteiger charge is 2.08. The predicted octanol–water partition coefficient (Wildman–Crippen LogP) is 4.34. The minimum absolute atomic E-state index is 0.161. The van der Waals surface area contributed by atoms with E-state index in [1.807, 2.05) is 11.8 Å². The zero-order chi connectivity index (χ0) is 13.8. The summed E-state index contributed by atoms with van der Waals surface area (Å²) in [4.78, 5) is 1.33. The normalized spacial score (nSPS) is 11.6. The molecule has 0 aliphatic rings. The van der Waals surface area contributed by atoms with Gasteiger partial charge in [-0.1, -0.05) is 18.2 Å². The molecule has 0 atom stereocenters. The molecule has 0 aromatic heterocycles. The summed E-state index contributed by atoms with van der Waals surface area (Å²) < 4.78 is 0. The van der Waals surface area contributed by atoms with Crippen molar-refractivity contribution in [1.82, 2.24) is 5.32 Å². The lowest BCUT2D eigenvalue weighted by Gasteiger charge is -2.21. The second-order valence-electron chi connectivity index (χ2n) is 5.89. The van der Waals surface area contributed by atoms with Crippen LogP contribution in [0.3, 0.4) is 0 Å². The smallest absolute Gasteiger partial charge is 0.0200 e. The van der Waals surface area contributed by atoms with Crippen LogP contribution in [0.2, 0.25) is 0 Å². The van der Waals surface area contributed by atoms with Gasteiger partial charge in [0.15, 0.2) is 0 Å². The van der Waals surface area contributed by atoms with Crippen LogP contribution in [0, 0.1) is 13.8 Å². The molecule has 0 heterocycles. The molecule has 1 rings (SSSR count). The number of benzene rings is 1. The van der Waals surface area contributed by atoms with Gasteiger partial charge in [0.25, 0.3) is 0 Å². The Morgan fingerprint density at radius 3 is 2.44 bits per heavy atom. The van der Waals surface area contributed by atoms with E-state index in [2.05, 4.69) is 64.7 Å². The summed E-state index contributed by atoms with van der Waals surface area (Å²) in [7, 11) is 0. The van der Waals surface area contributed by atoms with Gasteiger partial charge in [-0.2, -0.15) is 0 Å². The summed E-state index contributed by atoms with van der Waals surface area (Å²) in [6, 6.07) is 6.63. The van der Waals surface area contributed by atoms with Crippen LogP contribution in [0.15, 0.2) is 35.2 Å². The van der Waals surface area contributed by atoms with E-state index in [4.69, 9.17) is 0 Å². The minimum atomic E-state index is 0.161. The number of hydrogen-bond donors (Lipinski definition) is 1. The van der Waals surface area contributed by atoms with Crippen LogP contribution in [0.5, 0.6) is 0 Å². The van der Waals surface area contributed by atoms with Gasteiger partial charge in [0.1, 0.15) is 0 Å². The highest BCUT2D eigenvalue weighted by molar-refractivity contribution is 7.99. The molecule has 1 nitrogen and oxygen atoms in total. The average Bonchev–Trinajstić information content (AvgIpc) is 2.27. The van der Waals surface area contributed by atoms with E-state index >= 15 is 0 Å². The molecule has 100 valence electrons. The molecule has 18 heavy (non-hydrogen) atoms. The first kappa shape index (κ1) is 15.3. The Kier molecular flexibility index (Phi) is 5.48. The molecule has 0 bridgehead atoms. The monoisotopic (exact) mass is 263 g/mol. The third-order valence-corrected chi connectivity index (χ3v) is 3.93. The third-order valence-electron chi connectivity index (χ3n) is 2.79. The standard InChI is InChI=1S/C16H25NS/c1-12(10-17-16(4,5)6)11-18-15-8-7-13(2)14(3)9-15/h7-9,17H,1,10-11H2,2-6H3. The molecule has 0 aliphatic heterocycles. The van der Waals surface area contributed by atoms with Gasteiger partial charge >= 0.3 is 0 Å². The summed E-state index contributed by atoms with van der Waals surface area (Å²) >= 11 is 1.86. The molecular formula is C16H25NS. The Morgan fingerprint density at radius 2 is 1.89 bits per heavy atom. The van der Waals surface area contributed by atoms with E-state index in [-0.39, 0.29) is 5.54 Å². The summed E-state index contributed by atoms with van der Waals surface area (Å²) in [6.45, 7) is 15.9. The van der Waals surface area contributed by atoms with Crippen molar-refractivity contribution in [3.63, 3.8) is 0 Å². The van der Waals surface area contributed by atoms with Crippen molar-refractivity contribution in [1.29, 1.82) is 0 Å². The maximum Gasteiger partial charge on any atom is 0.0200 e. The Balaban J connectivity index is 2.40. The van der Waals surface area contributed by atoms with Crippen molar-refractivity contribution in [2.24, 2.45) is 0 Å². The van der Waals surface area contributed by atoms with Crippen LogP contribution < -0.4 is 5.32 Å². The Labute approximate surface area is 116 Å². The van der Waals surface area contributed by atoms with E-state index in [0.717, 1.165) is 12.3 Å². The van der Waals surface area contributed by atoms with E-state index in [9.17, 15) is 0 Å². The highest BCUT2D eigenvalue weighted by atomic mass is 32.2. The lowest BCUT2D eigenvalue weighted by Crippen LogP contribution is -2.37. The summed E-state index contributed by atoms with van der Waals surface area (Å²) in [6.07, 6.45) is 0. The fourth-order valence-corrected chi connectivity index (χ4v) is 2.33. The summed E-state index contributed by atoms with van der Waals surface area (Å²) in [5, 5.41) is 3.47. The topological polar surface area (TPSA) is 12.0 Å². The molecule has 1 aromatic rings. The van der Waals surface area contributed by atoms with Crippen LogP contribution in [0.1, 0.15) is 31.9 Å². The molecular weight excluding hydrogens is 238 g/mol. The fraction of sp³-hybridized carbons (Fsp3) is 0.500. The van der Waals surface area contributed by atoms with Gasteiger partial charge in [-0.15, -0.1) is 11.8 Å². The van der Waals surface area contributed by atoms with Crippen LogP contribution in [-0.4, -0.2) is 17.8 Å². The highest BCUT2D eigenvalue weighted by Crippen LogP contribution is 2.22. The Hall–Kier alpha value is -0.730. The second kappa shape index (κ2) is 6.44. The molecule has 1 N–H and O–H groups in total. The molecule has 0 radical (unpaired) electrons. The molecule has 0 amide bonds. The Bertz CT molecular complexity index is 416. The van der Waals surface area contributed by atoms with Crippen molar-refractivity contribution >= 4 is 11.8 Å². The minimum Gasteiger partial charge on any atom is -0.308 e. The van der Waals surface area contributed by atoms with Crippen LogP contribution in [0.4, 0.5) is 0 Å². The zero-order valence-corrected chi connectivity index (χ0v) is 13.1. The zero-order valence-electron chi connectivity index (χ0n) is 12.3. The van der Waals surface area contributed by atoms with E-state index in [1.54, 1.807) is 0 Å². The van der Waals surface area contributed by atoms with Gasteiger partial charge in [-0.05, 0) is 57.9 Å². The van der Waals surface area contributed by atoms with Crippen molar-refractivity contribution in [3.05, 3.63) is 41.5 Å². The number of thioether (sulfide) groups is 1. The van der Waals surface area contributed by atoms with Crippen molar-refractivity contribution in [3.8, 4) is 0 Å². The molecule has 0 unspecified atom stereocenters. The lowest BCUT2D eigenvalue weighted by atomic mass is 10.1. The van der Waals surface area contributed by atoms with E-state index in [1.165, 1.54) is 21.6 Å². The molecule has 1 aromatic carbocycles. The lowest BCUT2D eigenvalue weighted by molar-refractivity contribution is 0.445. The fourth-order valence-electron chi connectivity index (χ4n) is 1.43. The van der Waals surface area contributed by atoms with E-state index < -0.39 is 0 Å². The third kappa shape index (κ3) is 5.74. The summed E-state index contributed by atoms with van der Waals surface area (Å²) in [5.74, 6) is 0.978. The maximum absolute atomic E-state index is 4.13. The molecule has 0 saturated carbocycles. The average molecular weight is 263 g/mol. The predicted molar refractivity (Wildman–Crippen MR) is 83.5 cm³/mol. The molecule has 0 aliphatic carbocycles. The maximum atomic E-state index is 4.13. The van der Waals surface area contributed by atoms with Crippen LogP contribution in [0.25, 0.3) is 0 Å². The SMILES string of the molecule is C=C(CNC(C)(C)C)CSc1ccc(C)c(C)c1. The molecule has 0 saturated heterocycles. The number of hydrogen-bond acceptors (Lipinski definition) is 2. The van der Waals surface area contributed by atoms with Crippen molar-refractivity contribution < 1.29 is 0 Å². The second-order valence-corrected chi connectivity index (χ2v) is 6.94. The molecule has 0 fully saturated rings. The first-order valence-corrected chi connectivity index (χ1v) is 7.38. The largest absolute Gasteiger partial charge is 0.308 e. The quantitative estimate of drug-likeness (QED) is 0.626. The van der Waals surface area contributed by atoms with Gasteiger partial charge < -0.3 is 5.32 Å². The molecule has 2 heteroatoms. The van der Waals surface area contributed by atoms with Crippen LogP contribution in [-0.2, 0) is 0 Å². The van der Waals surface area contributed by atoms with Crippen molar-refractivity contribution in [2.75, 3.05) is 12.3 Å². The van der Waals surface area contributed by atoms with Crippen molar-refractivity contribution in [2.45, 2.75) is 45.1 Å². The first-order chi connectivity index (χ1) is 8.28.